The first-order valence-electron chi connectivity index (χ1n) is 6.89. The molecule has 1 atom stereocenters. The minimum Gasteiger partial charge on any atom is -0.310 e. The average molecular weight is 353 g/mol. The molecule has 0 radical (unpaired) electrons. The van der Waals surface area contributed by atoms with Crippen molar-refractivity contribution in [3.8, 4) is 6.07 Å². The molecule has 2 rings (SSSR count). The molecule has 7 heteroatoms. The van der Waals surface area contributed by atoms with Crippen LogP contribution < -0.4 is 0 Å². The number of benzene rings is 2. The van der Waals surface area contributed by atoms with E-state index in [9.17, 15) is 23.2 Å². The molecule has 3 nitrogen and oxygen atoms in total. The summed E-state index contributed by atoms with van der Waals surface area (Å²) in [5, 5.41) is 9.75. The van der Waals surface area contributed by atoms with Crippen molar-refractivity contribution in [1.82, 2.24) is 4.90 Å². The Bertz CT molecular complexity index is 739. The third kappa shape index (κ3) is 4.27. The van der Waals surface area contributed by atoms with Crippen molar-refractivity contribution in [2.45, 2.75) is 18.8 Å². The number of halogens is 4. The van der Waals surface area contributed by atoms with Crippen LogP contribution in [0.1, 0.15) is 17.2 Å². The number of rotatable bonds is 4. The smallest absolute Gasteiger partial charge is 0.310 e. The topological polar surface area (TPSA) is 44.1 Å². The van der Waals surface area contributed by atoms with Gasteiger partial charge in [-0.2, -0.15) is 18.4 Å². The summed E-state index contributed by atoms with van der Waals surface area (Å²) in [4.78, 5) is 12.3. The SMILES string of the molecule is N#CC(c1ccc(Cl)cc1)N(Cc1ccccc1)C(=O)C(F)(F)F. The standard InChI is InChI=1S/C17H12ClF3N2O/c18-14-8-6-13(7-9-14)15(10-22)23(16(24)17(19,20)21)11-12-4-2-1-3-5-12/h1-9,15H,11H2. The number of hydrogen-bond acceptors (Lipinski definition) is 2. The fourth-order valence-electron chi connectivity index (χ4n) is 2.19. The molecule has 0 spiro atoms. The summed E-state index contributed by atoms with van der Waals surface area (Å²) in [5.74, 6) is -2.06. The number of carbonyl (C=O) groups is 1. The first-order chi connectivity index (χ1) is 11.3. The van der Waals surface area contributed by atoms with Crippen LogP contribution in [-0.2, 0) is 11.3 Å². The van der Waals surface area contributed by atoms with Crippen LogP contribution in [0.5, 0.6) is 0 Å². The zero-order valence-electron chi connectivity index (χ0n) is 12.3. The van der Waals surface area contributed by atoms with Crippen molar-refractivity contribution in [3.05, 3.63) is 70.7 Å². The van der Waals surface area contributed by atoms with Gasteiger partial charge in [-0.1, -0.05) is 54.1 Å². The highest BCUT2D eigenvalue weighted by Crippen LogP contribution is 2.29. The summed E-state index contributed by atoms with van der Waals surface area (Å²) in [6, 6.07) is 14.4. The summed E-state index contributed by atoms with van der Waals surface area (Å²) in [6.45, 7) is -0.333. The van der Waals surface area contributed by atoms with E-state index in [1.54, 1.807) is 36.4 Å². The van der Waals surface area contributed by atoms with Crippen LogP contribution in [0.2, 0.25) is 5.02 Å². The number of alkyl halides is 3. The first kappa shape index (κ1) is 17.8. The van der Waals surface area contributed by atoms with E-state index < -0.39 is 18.1 Å². The second kappa shape index (κ2) is 7.37. The highest BCUT2D eigenvalue weighted by molar-refractivity contribution is 6.30. The van der Waals surface area contributed by atoms with Gasteiger partial charge in [0.25, 0.3) is 0 Å². The van der Waals surface area contributed by atoms with Gasteiger partial charge in [0.1, 0.15) is 6.04 Å². The van der Waals surface area contributed by atoms with Gasteiger partial charge in [0.15, 0.2) is 0 Å². The van der Waals surface area contributed by atoms with E-state index in [1.807, 2.05) is 0 Å². The molecule has 0 aliphatic heterocycles. The van der Waals surface area contributed by atoms with Crippen LogP contribution in [0.4, 0.5) is 13.2 Å². The Labute approximate surface area is 141 Å². The lowest BCUT2D eigenvalue weighted by atomic mass is 10.1. The van der Waals surface area contributed by atoms with Crippen LogP contribution >= 0.6 is 11.6 Å². The summed E-state index contributed by atoms with van der Waals surface area (Å²) in [5.41, 5.74) is 0.750. The zero-order chi connectivity index (χ0) is 17.7. The predicted octanol–water partition coefficient (Wildman–Crippen LogP) is 4.50. The number of nitrogens with zero attached hydrogens (tertiary/aromatic N) is 2. The van der Waals surface area contributed by atoms with E-state index in [-0.39, 0.29) is 12.1 Å². The van der Waals surface area contributed by atoms with Crippen LogP contribution in [0, 0.1) is 11.3 Å². The molecular weight excluding hydrogens is 341 g/mol. The maximum absolute atomic E-state index is 13.0. The molecule has 0 saturated carbocycles. The quantitative estimate of drug-likeness (QED) is 0.813. The third-order valence-corrected chi connectivity index (χ3v) is 3.57. The van der Waals surface area contributed by atoms with Gasteiger partial charge in [-0.15, -0.1) is 0 Å². The molecule has 0 bridgehead atoms. The molecule has 0 aliphatic rings. The zero-order valence-corrected chi connectivity index (χ0v) is 13.1. The van der Waals surface area contributed by atoms with E-state index in [0.29, 0.717) is 15.5 Å². The maximum atomic E-state index is 13.0. The number of amides is 1. The lowest BCUT2D eigenvalue weighted by molar-refractivity contribution is -0.187. The second-order valence-electron chi connectivity index (χ2n) is 5.00. The summed E-state index contributed by atoms with van der Waals surface area (Å²) in [7, 11) is 0. The van der Waals surface area contributed by atoms with Crippen molar-refractivity contribution in [3.63, 3.8) is 0 Å². The summed E-state index contributed by atoms with van der Waals surface area (Å²) < 4.78 is 38.9. The highest BCUT2D eigenvalue weighted by Gasteiger charge is 2.45. The minimum atomic E-state index is -5.07. The molecule has 0 N–H and O–H groups in total. The second-order valence-corrected chi connectivity index (χ2v) is 5.44. The normalized spacial score (nSPS) is 12.3. The van der Waals surface area contributed by atoms with Crippen molar-refractivity contribution in [1.29, 1.82) is 5.26 Å². The Morgan fingerprint density at radius 1 is 1.12 bits per heavy atom. The molecule has 124 valence electrons. The molecular formula is C17H12ClF3N2O. The predicted molar refractivity (Wildman–Crippen MR) is 82.9 cm³/mol. The Morgan fingerprint density at radius 2 is 1.71 bits per heavy atom. The Balaban J connectivity index is 2.41. The number of carbonyl (C=O) groups excluding carboxylic acids is 1. The van der Waals surface area contributed by atoms with Crippen molar-refractivity contribution in [2.75, 3.05) is 0 Å². The van der Waals surface area contributed by atoms with Gasteiger partial charge in [-0.05, 0) is 23.3 Å². The largest absolute Gasteiger partial charge is 0.471 e. The van der Waals surface area contributed by atoms with E-state index in [4.69, 9.17) is 11.6 Å². The Hall–Kier alpha value is -2.52. The fourth-order valence-corrected chi connectivity index (χ4v) is 2.32. The van der Waals surface area contributed by atoms with Gasteiger partial charge in [0.2, 0.25) is 0 Å². The third-order valence-electron chi connectivity index (χ3n) is 3.32. The Kier molecular flexibility index (Phi) is 5.47. The lowest BCUT2D eigenvalue weighted by Crippen LogP contribution is -2.42. The van der Waals surface area contributed by atoms with Crippen LogP contribution in [0.15, 0.2) is 54.6 Å². The van der Waals surface area contributed by atoms with Crippen LogP contribution in [-0.4, -0.2) is 17.0 Å². The molecule has 1 unspecified atom stereocenters. The number of nitriles is 1. The molecule has 0 heterocycles. The maximum Gasteiger partial charge on any atom is 0.471 e. The van der Waals surface area contributed by atoms with Crippen molar-refractivity contribution < 1.29 is 18.0 Å². The minimum absolute atomic E-state index is 0.260. The van der Waals surface area contributed by atoms with Gasteiger partial charge in [-0.25, -0.2) is 0 Å². The van der Waals surface area contributed by atoms with Gasteiger partial charge >= 0.3 is 12.1 Å². The van der Waals surface area contributed by atoms with Gasteiger partial charge in [-0.3, -0.25) is 4.79 Å². The van der Waals surface area contributed by atoms with E-state index in [2.05, 4.69) is 0 Å². The molecule has 2 aromatic rings. The molecule has 2 aromatic carbocycles. The lowest BCUT2D eigenvalue weighted by Gasteiger charge is -2.28. The van der Waals surface area contributed by atoms with Crippen molar-refractivity contribution in [2.24, 2.45) is 0 Å². The van der Waals surface area contributed by atoms with Gasteiger partial charge in [0.05, 0.1) is 6.07 Å². The summed E-state index contributed by atoms with van der Waals surface area (Å²) >= 11 is 5.76. The van der Waals surface area contributed by atoms with Crippen LogP contribution in [0.25, 0.3) is 0 Å². The van der Waals surface area contributed by atoms with E-state index in [0.717, 1.165) is 0 Å². The molecule has 1 amide bonds. The molecule has 0 fully saturated rings. The summed E-state index contributed by atoms with van der Waals surface area (Å²) in [6.07, 6.45) is -5.07. The number of hydrogen-bond donors (Lipinski definition) is 0. The monoisotopic (exact) mass is 352 g/mol. The van der Waals surface area contributed by atoms with Gasteiger partial charge in [0, 0.05) is 11.6 Å². The molecule has 0 saturated heterocycles. The molecule has 24 heavy (non-hydrogen) atoms. The highest BCUT2D eigenvalue weighted by atomic mass is 35.5. The van der Waals surface area contributed by atoms with E-state index in [1.165, 1.54) is 24.3 Å². The average Bonchev–Trinajstić information content (AvgIpc) is 2.55. The Morgan fingerprint density at radius 3 is 2.21 bits per heavy atom. The molecule has 0 aromatic heterocycles. The van der Waals surface area contributed by atoms with Crippen LogP contribution in [0.3, 0.4) is 0 Å². The van der Waals surface area contributed by atoms with E-state index >= 15 is 0 Å². The molecule has 0 aliphatic carbocycles. The van der Waals surface area contributed by atoms with Crippen molar-refractivity contribution >= 4 is 17.5 Å². The first-order valence-corrected chi connectivity index (χ1v) is 7.27. The van der Waals surface area contributed by atoms with Gasteiger partial charge < -0.3 is 4.90 Å². The fraction of sp³-hybridized carbons (Fsp3) is 0.176.